The molecule has 2 aliphatic carbocycles. The number of hydrogen-bond donors (Lipinski definition) is 1. The van der Waals surface area contributed by atoms with E-state index in [1.54, 1.807) is 0 Å². The van der Waals surface area contributed by atoms with Crippen molar-refractivity contribution in [3.8, 4) is 6.07 Å². The molecule has 18 heavy (non-hydrogen) atoms. The largest absolute Gasteiger partial charge is 0.388 e. The average Bonchev–Trinajstić information content (AvgIpc) is 2.80. The minimum Gasteiger partial charge on any atom is -0.388 e. The minimum atomic E-state index is -0.725. The Bertz CT molecular complexity index is 347. The second-order valence-corrected chi connectivity index (χ2v) is 6.94. The highest BCUT2D eigenvalue weighted by Crippen LogP contribution is 2.55. The van der Waals surface area contributed by atoms with Crippen LogP contribution in [-0.4, -0.2) is 10.7 Å². The van der Waals surface area contributed by atoms with Gasteiger partial charge in [0.2, 0.25) is 0 Å². The zero-order chi connectivity index (χ0) is 13.4. The molecule has 0 heterocycles. The highest BCUT2D eigenvalue weighted by molar-refractivity contribution is 5.16. The molecule has 2 heteroatoms. The van der Waals surface area contributed by atoms with Gasteiger partial charge in [-0.1, -0.05) is 27.2 Å². The van der Waals surface area contributed by atoms with Gasteiger partial charge < -0.3 is 5.11 Å². The number of rotatable bonds is 2. The Morgan fingerprint density at radius 3 is 2.39 bits per heavy atom. The quantitative estimate of drug-likeness (QED) is 0.806. The predicted molar refractivity (Wildman–Crippen MR) is 72.8 cm³/mol. The van der Waals surface area contributed by atoms with Crippen molar-refractivity contribution in [1.82, 2.24) is 0 Å². The van der Waals surface area contributed by atoms with Crippen LogP contribution in [0.3, 0.4) is 0 Å². The predicted octanol–water partition coefficient (Wildman–Crippen LogP) is 3.89. The topological polar surface area (TPSA) is 44.0 Å². The third kappa shape index (κ3) is 2.07. The Kier molecular flexibility index (Phi) is 3.74. The van der Waals surface area contributed by atoms with Crippen molar-refractivity contribution in [3.63, 3.8) is 0 Å². The summed E-state index contributed by atoms with van der Waals surface area (Å²) in [7, 11) is 0. The smallest absolute Gasteiger partial charge is 0.0863 e. The van der Waals surface area contributed by atoms with Gasteiger partial charge in [0.15, 0.2) is 0 Å². The van der Waals surface area contributed by atoms with Gasteiger partial charge in [-0.15, -0.1) is 0 Å². The maximum atomic E-state index is 11.1. The zero-order valence-corrected chi connectivity index (χ0v) is 12.1. The Balaban J connectivity index is 2.20. The molecule has 0 bridgehead atoms. The van der Waals surface area contributed by atoms with Crippen molar-refractivity contribution in [2.24, 2.45) is 23.2 Å². The van der Waals surface area contributed by atoms with E-state index in [0.717, 1.165) is 44.9 Å². The molecule has 2 aliphatic rings. The van der Waals surface area contributed by atoms with Crippen LogP contribution in [0.5, 0.6) is 0 Å². The summed E-state index contributed by atoms with van der Waals surface area (Å²) in [6.07, 6.45) is 6.79. The molecule has 2 nitrogen and oxygen atoms in total. The molecule has 0 aromatic rings. The Labute approximate surface area is 111 Å². The van der Waals surface area contributed by atoms with Gasteiger partial charge in [-0.25, -0.2) is 0 Å². The first-order chi connectivity index (χ1) is 8.46. The highest BCUT2D eigenvalue weighted by atomic mass is 16.3. The van der Waals surface area contributed by atoms with Crippen molar-refractivity contribution in [1.29, 1.82) is 5.26 Å². The first-order valence-electron chi connectivity index (χ1n) is 7.60. The van der Waals surface area contributed by atoms with Crippen LogP contribution in [0.15, 0.2) is 0 Å². The van der Waals surface area contributed by atoms with Crippen LogP contribution < -0.4 is 0 Å². The first kappa shape index (κ1) is 13.9. The van der Waals surface area contributed by atoms with E-state index in [-0.39, 0.29) is 0 Å². The molecular formula is C16H27NO. The van der Waals surface area contributed by atoms with E-state index in [1.165, 1.54) is 0 Å². The van der Waals surface area contributed by atoms with Gasteiger partial charge in [0.1, 0.15) is 0 Å². The molecule has 0 radical (unpaired) electrons. The van der Waals surface area contributed by atoms with E-state index >= 15 is 0 Å². The van der Waals surface area contributed by atoms with Gasteiger partial charge in [-0.2, -0.15) is 5.26 Å². The van der Waals surface area contributed by atoms with E-state index < -0.39 is 11.0 Å². The van der Waals surface area contributed by atoms with Crippen molar-refractivity contribution in [2.75, 3.05) is 0 Å². The van der Waals surface area contributed by atoms with Gasteiger partial charge in [0.05, 0.1) is 17.1 Å². The molecule has 2 fully saturated rings. The molecule has 0 amide bonds. The summed E-state index contributed by atoms with van der Waals surface area (Å²) in [5.74, 6) is 1.86. The van der Waals surface area contributed by atoms with Crippen LogP contribution in [0, 0.1) is 34.5 Å². The van der Waals surface area contributed by atoms with Gasteiger partial charge >= 0.3 is 0 Å². The molecule has 2 saturated carbocycles. The summed E-state index contributed by atoms with van der Waals surface area (Å²) in [5.41, 5.74) is -1.18. The van der Waals surface area contributed by atoms with Gasteiger partial charge in [0.25, 0.3) is 0 Å². The third-order valence-corrected chi connectivity index (χ3v) is 5.94. The lowest BCUT2D eigenvalue weighted by Crippen LogP contribution is -2.50. The molecule has 0 aromatic carbocycles. The van der Waals surface area contributed by atoms with E-state index in [4.69, 9.17) is 0 Å². The summed E-state index contributed by atoms with van der Waals surface area (Å²) in [4.78, 5) is 0. The van der Waals surface area contributed by atoms with Crippen molar-refractivity contribution in [3.05, 3.63) is 0 Å². The van der Waals surface area contributed by atoms with E-state index in [2.05, 4.69) is 26.8 Å². The summed E-state index contributed by atoms with van der Waals surface area (Å²) in [6, 6.07) is 2.54. The maximum absolute atomic E-state index is 11.1. The molecule has 0 aromatic heterocycles. The molecule has 2 rings (SSSR count). The van der Waals surface area contributed by atoms with E-state index in [0.29, 0.717) is 17.8 Å². The fourth-order valence-electron chi connectivity index (χ4n) is 4.15. The number of nitriles is 1. The summed E-state index contributed by atoms with van der Waals surface area (Å²) in [5, 5.41) is 20.8. The van der Waals surface area contributed by atoms with Crippen molar-refractivity contribution < 1.29 is 5.11 Å². The molecule has 0 saturated heterocycles. The van der Waals surface area contributed by atoms with Gasteiger partial charge in [0, 0.05) is 0 Å². The molecule has 1 N–H and O–H groups in total. The van der Waals surface area contributed by atoms with Gasteiger partial charge in [-0.3, -0.25) is 0 Å². The monoisotopic (exact) mass is 249 g/mol. The lowest BCUT2D eigenvalue weighted by Gasteiger charge is -2.47. The summed E-state index contributed by atoms with van der Waals surface area (Å²) >= 11 is 0. The number of nitrogens with zero attached hydrogens (tertiary/aromatic N) is 1. The molecular weight excluding hydrogens is 222 g/mol. The van der Waals surface area contributed by atoms with Crippen LogP contribution in [0.1, 0.15) is 65.7 Å². The normalized spacial score (nSPS) is 48.9. The molecule has 102 valence electrons. The summed E-state index contributed by atoms with van der Waals surface area (Å²) in [6.45, 7) is 6.70. The Morgan fingerprint density at radius 1 is 1.17 bits per heavy atom. The minimum absolute atomic E-state index is 0.456. The fraction of sp³-hybridized carbons (Fsp3) is 0.938. The van der Waals surface area contributed by atoms with Crippen molar-refractivity contribution in [2.45, 2.75) is 71.3 Å². The molecule has 0 spiro atoms. The van der Waals surface area contributed by atoms with Crippen LogP contribution >= 0.6 is 0 Å². The Morgan fingerprint density at radius 2 is 1.89 bits per heavy atom. The lowest BCUT2D eigenvalue weighted by molar-refractivity contribution is -0.104. The fourth-order valence-corrected chi connectivity index (χ4v) is 4.15. The zero-order valence-electron chi connectivity index (χ0n) is 12.1. The number of hydrogen-bond acceptors (Lipinski definition) is 2. The molecule has 0 aliphatic heterocycles. The van der Waals surface area contributed by atoms with Crippen LogP contribution in [0.25, 0.3) is 0 Å². The first-order valence-corrected chi connectivity index (χ1v) is 7.60. The molecule has 5 unspecified atom stereocenters. The van der Waals surface area contributed by atoms with E-state index in [1.807, 2.05) is 0 Å². The maximum Gasteiger partial charge on any atom is 0.0863 e. The average molecular weight is 249 g/mol. The van der Waals surface area contributed by atoms with Crippen LogP contribution in [0.2, 0.25) is 0 Å². The molecule has 5 atom stereocenters. The Hall–Kier alpha value is -0.550. The van der Waals surface area contributed by atoms with Crippen LogP contribution in [0.4, 0.5) is 0 Å². The second kappa shape index (κ2) is 4.85. The van der Waals surface area contributed by atoms with Crippen molar-refractivity contribution >= 4 is 0 Å². The van der Waals surface area contributed by atoms with Gasteiger partial charge in [-0.05, 0) is 56.3 Å². The SMILES string of the molecule is CCC1CCC(C#N)(C2(O)CCC(C)C(C)C2)C1. The highest BCUT2D eigenvalue weighted by Gasteiger charge is 2.55. The van der Waals surface area contributed by atoms with E-state index in [9.17, 15) is 10.4 Å². The van der Waals surface area contributed by atoms with Crippen LogP contribution in [-0.2, 0) is 0 Å². The summed E-state index contributed by atoms with van der Waals surface area (Å²) < 4.78 is 0. The second-order valence-electron chi connectivity index (χ2n) is 6.94. The number of aliphatic hydroxyl groups is 1. The third-order valence-electron chi connectivity index (χ3n) is 5.94. The lowest BCUT2D eigenvalue weighted by atomic mass is 9.60. The standard InChI is InChI=1S/C16H27NO/c1-4-14-6-7-15(10-14,11-17)16(18)8-5-12(2)13(3)9-16/h12-14,18H,4-10H2,1-3H3.